The summed E-state index contributed by atoms with van der Waals surface area (Å²) in [5.41, 5.74) is 0.986. The van der Waals surface area contributed by atoms with Gasteiger partial charge in [-0.3, -0.25) is 4.79 Å². The number of rotatable bonds is 2. The Hall–Kier alpha value is -1.19. The van der Waals surface area contributed by atoms with Gasteiger partial charge < -0.3 is 19.9 Å². The maximum absolute atomic E-state index is 12.5. The van der Waals surface area contributed by atoms with Gasteiger partial charge in [0.15, 0.2) is 0 Å². The van der Waals surface area contributed by atoms with Gasteiger partial charge in [0, 0.05) is 39.3 Å². The second-order valence-corrected chi connectivity index (χ2v) is 6.62. The summed E-state index contributed by atoms with van der Waals surface area (Å²) in [7, 11) is 0. The van der Waals surface area contributed by atoms with Crippen LogP contribution in [0.4, 0.5) is 5.82 Å². The molecule has 138 valence electrons. The zero-order valence-electron chi connectivity index (χ0n) is 13.6. The molecule has 7 nitrogen and oxygen atoms in total. The predicted octanol–water partition coefficient (Wildman–Crippen LogP) is 1.17. The highest BCUT2D eigenvalue weighted by molar-refractivity contribution is 7.17. The molecule has 0 aromatic carbocycles. The normalized spacial score (nSPS) is 20.7. The number of amides is 1. The molecule has 1 amide bonds. The lowest BCUT2D eigenvalue weighted by molar-refractivity contribution is -0.145. The first-order valence-electron chi connectivity index (χ1n) is 7.87. The molecule has 2 aromatic heterocycles. The fourth-order valence-electron chi connectivity index (χ4n) is 3.07. The van der Waals surface area contributed by atoms with E-state index in [-0.39, 0.29) is 36.8 Å². The topological polar surface area (TPSA) is 70.6 Å². The van der Waals surface area contributed by atoms with Crippen molar-refractivity contribution in [3.63, 3.8) is 0 Å². The second kappa shape index (κ2) is 8.95. The average molecular weight is 406 g/mol. The van der Waals surface area contributed by atoms with E-state index in [0.717, 1.165) is 35.7 Å². The largest absolute Gasteiger partial charge is 0.366 e. The van der Waals surface area contributed by atoms with Crippen LogP contribution in [0.1, 0.15) is 0 Å². The highest BCUT2D eigenvalue weighted by Gasteiger charge is 2.30. The van der Waals surface area contributed by atoms with E-state index in [2.05, 4.69) is 20.2 Å². The average Bonchev–Trinajstić information content (AvgIpc) is 3.11. The zero-order valence-corrected chi connectivity index (χ0v) is 16.0. The summed E-state index contributed by atoms with van der Waals surface area (Å²) in [5.74, 6) is 1.08. The fourth-order valence-corrected chi connectivity index (χ4v) is 3.93. The molecule has 0 radical (unpaired) electrons. The highest BCUT2D eigenvalue weighted by Crippen LogP contribution is 2.28. The van der Waals surface area contributed by atoms with E-state index >= 15 is 0 Å². The molecule has 4 rings (SSSR count). The molecule has 0 saturated carbocycles. The molecule has 4 heterocycles. The molecule has 1 N–H and O–H groups in total. The van der Waals surface area contributed by atoms with Crippen LogP contribution in [0, 0.1) is 0 Å². The quantitative estimate of drug-likeness (QED) is 0.808. The maximum atomic E-state index is 12.5. The number of hydrogen-bond acceptors (Lipinski definition) is 7. The summed E-state index contributed by atoms with van der Waals surface area (Å²) in [6.07, 6.45) is 1.28. The molecule has 1 atom stereocenters. The number of nitrogens with zero attached hydrogens (tertiary/aromatic N) is 4. The molecule has 25 heavy (non-hydrogen) atoms. The van der Waals surface area contributed by atoms with Gasteiger partial charge >= 0.3 is 0 Å². The Bertz CT molecular complexity index is 702. The van der Waals surface area contributed by atoms with Crippen molar-refractivity contribution >= 4 is 58.1 Å². The molecule has 2 aromatic rings. The van der Waals surface area contributed by atoms with Crippen LogP contribution in [0.25, 0.3) is 10.2 Å². The van der Waals surface area contributed by atoms with Gasteiger partial charge in [0.05, 0.1) is 16.8 Å². The molecular formula is C15H21Cl2N5O2S. The van der Waals surface area contributed by atoms with Crippen molar-refractivity contribution in [1.29, 1.82) is 0 Å². The summed E-state index contributed by atoms with van der Waals surface area (Å²) >= 11 is 1.66. The molecule has 0 aliphatic carbocycles. The summed E-state index contributed by atoms with van der Waals surface area (Å²) in [6, 6.07) is 2.01. The Kier molecular flexibility index (Phi) is 7.21. The van der Waals surface area contributed by atoms with Gasteiger partial charge in [0.25, 0.3) is 5.91 Å². The van der Waals surface area contributed by atoms with E-state index in [0.29, 0.717) is 26.2 Å². The Balaban J connectivity index is 0.00000113. The molecule has 0 bridgehead atoms. The van der Waals surface area contributed by atoms with Gasteiger partial charge in [0.2, 0.25) is 0 Å². The smallest absolute Gasteiger partial charge is 0.253 e. The van der Waals surface area contributed by atoms with Crippen LogP contribution in [0.2, 0.25) is 0 Å². The number of halogens is 2. The molecule has 2 saturated heterocycles. The Labute approximate surface area is 162 Å². The number of nitrogens with one attached hydrogen (secondary N) is 1. The third-order valence-corrected chi connectivity index (χ3v) is 5.22. The predicted molar refractivity (Wildman–Crippen MR) is 103 cm³/mol. The third-order valence-electron chi connectivity index (χ3n) is 4.32. The van der Waals surface area contributed by atoms with Gasteiger partial charge in [0.1, 0.15) is 18.2 Å². The second-order valence-electron chi connectivity index (χ2n) is 5.71. The number of ether oxygens (including phenoxy) is 1. The van der Waals surface area contributed by atoms with Crippen molar-refractivity contribution in [3.05, 3.63) is 17.8 Å². The monoisotopic (exact) mass is 405 g/mol. The summed E-state index contributed by atoms with van der Waals surface area (Å²) in [4.78, 5) is 25.4. The molecule has 2 aliphatic rings. The minimum atomic E-state index is -0.335. The van der Waals surface area contributed by atoms with Crippen LogP contribution in [0.3, 0.4) is 0 Å². The van der Waals surface area contributed by atoms with Gasteiger partial charge in [-0.2, -0.15) is 0 Å². The number of carbonyl (C=O) groups is 1. The number of anilines is 1. The Morgan fingerprint density at radius 3 is 2.76 bits per heavy atom. The third kappa shape index (κ3) is 4.15. The van der Waals surface area contributed by atoms with Crippen molar-refractivity contribution < 1.29 is 9.53 Å². The zero-order chi connectivity index (χ0) is 15.6. The molecular weight excluding hydrogens is 385 g/mol. The minimum Gasteiger partial charge on any atom is -0.366 e. The number of aromatic nitrogens is 2. The number of hydrogen-bond donors (Lipinski definition) is 1. The number of piperazine rings is 1. The first-order chi connectivity index (χ1) is 11.3. The minimum absolute atomic E-state index is 0. The van der Waals surface area contributed by atoms with Crippen molar-refractivity contribution in [2.45, 2.75) is 6.10 Å². The number of morpholine rings is 1. The van der Waals surface area contributed by atoms with Crippen LogP contribution < -0.4 is 10.2 Å². The van der Waals surface area contributed by atoms with Crippen LogP contribution in [-0.2, 0) is 9.53 Å². The van der Waals surface area contributed by atoms with Gasteiger partial charge in [-0.25, -0.2) is 9.97 Å². The Morgan fingerprint density at radius 2 is 2.04 bits per heavy atom. The summed E-state index contributed by atoms with van der Waals surface area (Å²) in [6.45, 7) is 5.02. The van der Waals surface area contributed by atoms with Crippen LogP contribution in [-0.4, -0.2) is 72.8 Å². The molecule has 0 spiro atoms. The molecule has 1 unspecified atom stereocenters. The summed E-state index contributed by atoms with van der Waals surface area (Å²) in [5, 5.41) is 5.25. The van der Waals surface area contributed by atoms with E-state index in [4.69, 9.17) is 4.74 Å². The lowest BCUT2D eigenvalue weighted by Gasteiger charge is -2.37. The summed E-state index contributed by atoms with van der Waals surface area (Å²) < 4.78 is 6.68. The van der Waals surface area contributed by atoms with Crippen molar-refractivity contribution in [2.75, 3.05) is 50.8 Å². The number of thiophene rings is 1. The van der Waals surface area contributed by atoms with E-state index in [1.165, 1.54) is 0 Å². The SMILES string of the molecule is Cl.Cl.O=C(C1CNCCO1)N1CCN(c2ncnc3ccsc23)CC1. The van der Waals surface area contributed by atoms with E-state index in [1.807, 2.05) is 16.3 Å². The van der Waals surface area contributed by atoms with Crippen molar-refractivity contribution in [1.82, 2.24) is 20.2 Å². The van der Waals surface area contributed by atoms with Crippen LogP contribution in [0.5, 0.6) is 0 Å². The number of carbonyl (C=O) groups excluding carboxylic acids is 1. The first-order valence-corrected chi connectivity index (χ1v) is 8.75. The van der Waals surface area contributed by atoms with Crippen LogP contribution >= 0.6 is 36.2 Å². The van der Waals surface area contributed by atoms with E-state index in [9.17, 15) is 4.79 Å². The van der Waals surface area contributed by atoms with E-state index in [1.54, 1.807) is 17.7 Å². The van der Waals surface area contributed by atoms with E-state index < -0.39 is 0 Å². The van der Waals surface area contributed by atoms with Crippen molar-refractivity contribution in [3.8, 4) is 0 Å². The lowest BCUT2D eigenvalue weighted by Crippen LogP contribution is -2.55. The van der Waals surface area contributed by atoms with Gasteiger partial charge in [-0.1, -0.05) is 0 Å². The molecule has 2 fully saturated rings. The lowest BCUT2D eigenvalue weighted by atomic mass is 10.2. The van der Waals surface area contributed by atoms with Gasteiger partial charge in [-0.15, -0.1) is 36.2 Å². The number of fused-ring (bicyclic) bond motifs is 1. The van der Waals surface area contributed by atoms with Crippen molar-refractivity contribution in [2.24, 2.45) is 0 Å². The standard InChI is InChI=1S/C15H19N5O2S.2ClH/c21-15(12-9-16-2-7-22-12)20-5-3-19(4-6-20)14-13-11(1-8-23-13)17-10-18-14;;/h1,8,10,12,16H,2-7,9H2;2*1H. The molecule has 2 aliphatic heterocycles. The van der Waals surface area contributed by atoms with Crippen LogP contribution in [0.15, 0.2) is 17.8 Å². The first kappa shape index (κ1) is 20.1. The molecule has 10 heteroatoms. The fraction of sp³-hybridized carbons (Fsp3) is 0.533. The Morgan fingerprint density at radius 1 is 1.24 bits per heavy atom. The maximum Gasteiger partial charge on any atom is 0.253 e. The highest BCUT2D eigenvalue weighted by atomic mass is 35.5. The van der Waals surface area contributed by atoms with Gasteiger partial charge in [-0.05, 0) is 11.4 Å².